The number of nitrogens with zero attached hydrogens (tertiary/aromatic N) is 1. The number of hydrogen-bond acceptors (Lipinski definition) is 3. The molecule has 0 saturated carbocycles. The fraction of sp³-hybridized carbons (Fsp3) is 0.875. The highest BCUT2D eigenvalue weighted by Crippen LogP contribution is 1.83. The molecule has 0 aromatic rings. The maximum Gasteiger partial charge on any atom is 0.0751 e. The molecule has 0 aromatic heterocycles. The standard InChI is InChI=1S/C5H14N.C2H4O2.CH4O/c1-5-6(2,3)4;1-2(3)4;1-2/h5H2,1-4H3;1H3,(H,3,4);2H,1H3/q+1;;/p-1. The molecule has 4 heteroatoms. The summed E-state index contributed by atoms with van der Waals surface area (Å²) in [6.07, 6.45) is 0. The van der Waals surface area contributed by atoms with Gasteiger partial charge < -0.3 is 19.5 Å². The van der Waals surface area contributed by atoms with Gasteiger partial charge in [0.25, 0.3) is 0 Å². The van der Waals surface area contributed by atoms with Crippen molar-refractivity contribution in [3.63, 3.8) is 0 Å². The van der Waals surface area contributed by atoms with Crippen LogP contribution in [0.1, 0.15) is 13.8 Å². The molecule has 12 heavy (non-hydrogen) atoms. The fourth-order valence-electron chi connectivity index (χ4n) is 0. The molecule has 0 aliphatic rings. The Kier molecular flexibility index (Phi) is 15.1. The van der Waals surface area contributed by atoms with Crippen LogP contribution in [-0.4, -0.2) is 50.4 Å². The topological polar surface area (TPSA) is 60.4 Å². The van der Waals surface area contributed by atoms with Crippen molar-refractivity contribution in [1.82, 2.24) is 0 Å². The largest absolute Gasteiger partial charge is 0.550 e. The lowest BCUT2D eigenvalue weighted by molar-refractivity contribution is -0.868. The maximum atomic E-state index is 8.89. The number of aliphatic hydroxyl groups is 1. The molecule has 0 fully saturated rings. The quantitative estimate of drug-likeness (QED) is 0.529. The molecule has 0 radical (unpaired) electrons. The first-order chi connectivity index (χ1) is 5.29. The number of carbonyl (C=O) groups is 1. The van der Waals surface area contributed by atoms with Crippen LogP contribution in [0.3, 0.4) is 0 Å². The van der Waals surface area contributed by atoms with Crippen LogP contribution in [-0.2, 0) is 4.79 Å². The van der Waals surface area contributed by atoms with E-state index in [1.165, 1.54) is 6.54 Å². The van der Waals surface area contributed by atoms with Gasteiger partial charge in [0.1, 0.15) is 0 Å². The van der Waals surface area contributed by atoms with E-state index < -0.39 is 5.97 Å². The van der Waals surface area contributed by atoms with Gasteiger partial charge in [0.2, 0.25) is 0 Å². The zero-order valence-electron chi connectivity index (χ0n) is 8.92. The maximum absolute atomic E-state index is 8.89. The smallest absolute Gasteiger partial charge is 0.0751 e. The van der Waals surface area contributed by atoms with E-state index in [0.29, 0.717) is 0 Å². The van der Waals surface area contributed by atoms with E-state index in [-0.39, 0.29) is 0 Å². The number of carboxylic acid groups (broad SMARTS) is 1. The van der Waals surface area contributed by atoms with E-state index in [1.54, 1.807) is 0 Å². The number of quaternary nitrogens is 1. The summed E-state index contributed by atoms with van der Waals surface area (Å²) in [4.78, 5) is 8.89. The molecule has 0 bridgehead atoms. The van der Waals surface area contributed by atoms with Gasteiger partial charge in [-0.05, 0) is 13.8 Å². The molecule has 0 aliphatic heterocycles. The predicted molar refractivity (Wildman–Crippen MR) is 47.4 cm³/mol. The third kappa shape index (κ3) is 116. The van der Waals surface area contributed by atoms with E-state index in [4.69, 9.17) is 15.0 Å². The Morgan fingerprint density at radius 2 is 1.42 bits per heavy atom. The second-order valence-electron chi connectivity index (χ2n) is 3.10. The minimum Gasteiger partial charge on any atom is -0.550 e. The average Bonchev–Trinajstić information content (AvgIpc) is 1.90. The molecule has 0 heterocycles. The first kappa shape index (κ1) is 17.5. The Hall–Kier alpha value is -0.610. The van der Waals surface area contributed by atoms with E-state index in [0.717, 1.165) is 18.5 Å². The monoisotopic (exact) mass is 179 g/mol. The van der Waals surface area contributed by atoms with Gasteiger partial charge in [-0.15, -0.1) is 0 Å². The van der Waals surface area contributed by atoms with Crippen LogP contribution in [0.15, 0.2) is 0 Å². The molecule has 4 nitrogen and oxygen atoms in total. The van der Waals surface area contributed by atoms with Crippen molar-refractivity contribution in [2.24, 2.45) is 0 Å². The Morgan fingerprint density at radius 1 is 1.33 bits per heavy atom. The molecule has 0 spiro atoms. The van der Waals surface area contributed by atoms with Gasteiger partial charge in [0, 0.05) is 13.1 Å². The highest BCUT2D eigenvalue weighted by molar-refractivity contribution is 5.60. The summed E-state index contributed by atoms with van der Waals surface area (Å²) in [6, 6.07) is 0. The van der Waals surface area contributed by atoms with Gasteiger partial charge >= 0.3 is 0 Å². The number of hydrogen-bond donors (Lipinski definition) is 1. The van der Waals surface area contributed by atoms with Gasteiger partial charge in [-0.1, -0.05) is 0 Å². The minimum atomic E-state index is -1.08. The summed E-state index contributed by atoms with van der Waals surface area (Å²) < 4.78 is 1.07. The lowest BCUT2D eigenvalue weighted by atomic mass is 10.6. The SMILES string of the molecule is CC(=O)[O-].CC[N+](C)(C)C.CO. The number of carbonyl (C=O) groups excluding carboxylic acids is 1. The van der Waals surface area contributed by atoms with Gasteiger partial charge in [0.05, 0.1) is 27.7 Å². The van der Waals surface area contributed by atoms with Crippen molar-refractivity contribution >= 4 is 5.97 Å². The summed E-state index contributed by atoms with van der Waals surface area (Å²) in [5.41, 5.74) is 0. The molecule has 0 amide bonds. The van der Waals surface area contributed by atoms with Crippen molar-refractivity contribution in [3.05, 3.63) is 0 Å². The third-order valence-corrected chi connectivity index (χ3v) is 0.949. The van der Waals surface area contributed by atoms with Gasteiger partial charge in [0.15, 0.2) is 0 Å². The van der Waals surface area contributed by atoms with Crippen molar-refractivity contribution in [1.29, 1.82) is 0 Å². The van der Waals surface area contributed by atoms with Crippen LogP contribution in [0.2, 0.25) is 0 Å². The lowest BCUT2D eigenvalue weighted by Gasteiger charge is -2.20. The summed E-state index contributed by atoms with van der Waals surface area (Å²) >= 11 is 0. The Balaban J connectivity index is -0.000000118. The Bertz CT molecular complexity index is 93.0. The molecule has 0 aliphatic carbocycles. The minimum absolute atomic E-state index is 0.972. The van der Waals surface area contributed by atoms with Crippen LogP contribution < -0.4 is 5.11 Å². The van der Waals surface area contributed by atoms with E-state index in [2.05, 4.69) is 28.1 Å². The fourth-order valence-corrected chi connectivity index (χ4v) is 0. The summed E-state index contributed by atoms with van der Waals surface area (Å²) in [5, 5.41) is 15.9. The van der Waals surface area contributed by atoms with E-state index >= 15 is 0 Å². The normalized spacial score (nSPS) is 8.58. The molecule has 0 aromatic carbocycles. The van der Waals surface area contributed by atoms with Crippen molar-refractivity contribution in [2.45, 2.75) is 13.8 Å². The van der Waals surface area contributed by atoms with Crippen molar-refractivity contribution < 1.29 is 19.5 Å². The van der Waals surface area contributed by atoms with Gasteiger partial charge in [-0.2, -0.15) is 0 Å². The van der Waals surface area contributed by atoms with Crippen LogP contribution in [0.4, 0.5) is 0 Å². The summed E-state index contributed by atoms with van der Waals surface area (Å²) in [5.74, 6) is -1.08. The van der Waals surface area contributed by atoms with E-state index in [9.17, 15) is 0 Å². The van der Waals surface area contributed by atoms with E-state index in [1.807, 2.05) is 0 Å². The Morgan fingerprint density at radius 3 is 1.42 bits per heavy atom. The molecule has 0 atom stereocenters. The first-order valence-corrected chi connectivity index (χ1v) is 3.72. The number of aliphatic carboxylic acids is 1. The zero-order chi connectivity index (χ0) is 10.8. The van der Waals surface area contributed by atoms with Gasteiger partial charge in [-0.3, -0.25) is 0 Å². The van der Waals surface area contributed by atoms with Gasteiger partial charge in [-0.25, -0.2) is 0 Å². The summed E-state index contributed by atoms with van der Waals surface area (Å²) in [7, 11) is 7.54. The molecule has 1 N–H and O–H groups in total. The molecule has 0 rings (SSSR count). The van der Waals surface area contributed by atoms with Crippen LogP contribution in [0.5, 0.6) is 0 Å². The summed E-state index contributed by atoms with van der Waals surface area (Å²) in [6.45, 7) is 4.36. The van der Waals surface area contributed by atoms with Crippen LogP contribution in [0, 0.1) is 0 Å². The van der Waals surface area contributed by atoms with Crippen molar-refractivity contribution in [3.8, 4) is 0 Å². The highest BCUT2D eigenvalue weighted by Gasteiger charge is 1.97. The second-order valence-corrected chi connectivity index (χ2v) is 3.10. The molecule has 0 saturated heterocycles. The molecule has 76 valence electrons. The Labute approximate surface area is 75.0 Å². The third-order valence-electron chi connectivity index (χ3n) is 0.949. The van der Waals surface area contributed by atoms with Crippen LogP contribution >= 0.6 is 0 Å². The number of aliphatic hydroxyl groups excluding tert-OH is 1. The molecular formula is C8H21NO3. The lowest BCUT2D eigenvalue weighted by Crippen LogP contribution is -2.33. The predicted octanol–water partition coefficient (Wildman–Crippen LogP) is -0.923. The zero-order valence-corrected chi connectivity index (χ0v) is 8.92. The number of carboxylic acids is 1. The highest BCUT2D eigenvalue weighted by atomic mass is 16.4. The first-order valence-electron chi connectivity index (χ1n) is 3.72. The average molecular weight is 179 g/mol. The molecule has 0 unspecified atom stereocenters. The molecular weight excluding hydrogens is 158 g/mol. The van der Waals surface area contributed by atoms with Crippen LogP contribution in [0.25, 0.3) is 0 Å². The van der Waals surface area contributed by atoms with Crippen molar-refractivity contribution in [2.75, 3.05) is 34.8 Å². The number of rotatable bonds is 1. The second kappa shape index (κ2) is 10.4.